The van der Waals surface area contributed by atoms with Gasteiger partial charge in [0.05, 0.1) is 13.2 Å². The van der Waals surface area contributed by atoms with Gasteiger partial charge in [-0.25, -0.2) is 4.39 Å². The highest BCUT2D eigenvalue weighted by Gasteiger charge is 2.15. The minimum Gasteiger partial charge on any atom is -0.381 e. The quantitative estimate of drug-likeness (QED) is 0.350. The molecule has 1 aromatic rings. The molecule has 0 radical (unpaired) electrons. The molecule has 0 amide bonds. The number of aliphatic imine (C=N–C) groups is 1. The van der Waals surface area contributed by atoms with Gasteiger partial charge in [0.15, 0.2) is 5.96 Å². The van der Waals surface area contributed by atoms with Crippen molar-refractivity contribution in [3.05, 3.63) is 30.1 Å². The molecule has 6 nitrogen and oxygen atoms in total. The molecule has 1 heterocycles. The SMILES string of the molecule is CN=C(NCCCOCC1CCOC1)NCCCN(C)c1cccc(F)c1. The molecule has 1 aliphatic heterocycles. The van der Waals surface area contributed by atoms with E-state index in [1.807, 2.05) is 18.0 Å². The zero-order valence-electron chi connectivity index (χ0n) is 16.5. The third-order valence-electron chi connectivity index (χ3n) is 4.57. The van der Waals surface area contributed by atoms with Crippen molar-refractivity contribution in [1.82, 2.24) is 10.6 Å². The predicted octanol–water partition coefficient (Wildman–Crippen LogP) is 2.26. The molecule has 0 bridgehead atoms. The van der Waals surface area contributed by atoms with Gasteiger partial charge in [0, 0.05) is 58.5 Å². The molecule has 1 saturated heterocycles. The summed E-state index contributed by atoms with van der Waals surface area (Å²) in [6.45, 7) is 5.72. The monoisotopic (exact) mass is 380 g/mol. The summed E-state index contributed by atoms with van der Waals surface area (Å²) < 4.78 is 24.3. The van der Waals surface area contributed by atoms with E-state index in [0.29, 0.717) is 5.92 Å². The number of benzene rings is 1. The number of nitrogens with one attached hydrogen (secondary N) is 2. The van der Waals surface area contributed by atoms with Gasteiger partial charge in [-0.15, -0.1) is 0 Å². The van der Waals surface area contributed by atoms with E-state index >= 15 is 0 Å². The van der Waals surface area contributed by atoms with E-state index in [1.54, 1.807) is 19.2 Å². The second-order valence-corrected chi connectivity index (χ2v) is 6.84. The molecule has 0 saturated carbocycles. The highest BCUT2D eigenvalue weighted by atomic mass is 19.1. The standard InChI is InChI=1S/C20H33FN4O2/c1-22-20(24-10-5-12-26-15-17-8-13-27-16-17)23-9-4-11-25(2)19-7-3-6-18(21)14-19/h3,6-7,14,17H,4-5,8-13,15-16H2,1-2H3,(H2,22,23,24). The van der Waals surface area contributed by atoms with E-state index in [1.165, 1.54) is 6.07 Å². The largest absolute Gasteiger partial charge is 0.381 e. The van der Waals surface area contributed by atoms with Crippen molar-refractivity contribution in [1.29, 1.82) is 0 Å². The lowest BCUT2D eigenvalue weighted by molar-refractivity contribution is 0.0888. The summed E-state index contributed by atoms with van der Waals surface area (Å²) in [5, 5.41) is 6.60. The number of halogens is 1. The number of anilines is 1. The molecule has 1 unspecified atom stereocenters. The first kappa shape index (κ1) is 21.4. The van der Waals surface area contributed by atoms with Gasteiger partial charge in [-0.05, 0) is 37.5 Å². The summed E-state index contributed by atoms with van der Waals surface area (Å²) in [6, 6.07) is 6.66. The number of guanidine groups is 1. The molecule has 1 fully saturated rings. The first-order valence-corrected chi connectivity index (χ1v) is 9.75. The number of rotatable bonds is 11. The highest BCUT2D eigenvalue weighted by molar-refractivity contribution is 5.79. The Balaban J connectivity index is 1.49. The van der Waals surface area contributed by atoms with Gasteiger partial charge in [0.2, 0.25) is 0 Å². The fourth-order valence-corrected chi connectivity index (χ4v) is 2.93. The maximum Gasteiger partial charge on any atom is 0.190 e. The van der Waals surface area contributed by atoms with Gasteiger partial charge in [0.25, 0.3) is 0 Å². The molecule has 1 atom stereocenters. The van der Waals surface area contributed by atoms with Crippen LogP contribution in [0.25, 0.3) is 0 Å². The Morgan fingerprint density at radius 2 is 2.15 bits per heavy atom. The van der Waals surface area contributed by atoms with Gasteiger partial charge >= 0.3 is 0 Å². The van der Waals surface area contributed by atoms with E-state index in [0.717, 1.165) is 77.0 Å². The topological polar surface area (TPSA) is 58.1 Å². The highest BCUT2D eigenvalue weighted by Crippen LogP contribution is 2.14. The van der Waals surface area contributed by atoms with E-state index in [-0.39, 0.29) is 5.82 Å². The molecule has 27 heavy (non-hydrogen) atoms. The number of ether oxygens (including phenoxy) is 2. The Hall–Kier alpha value is -1.86. The molecule has 2 rings (SSSR count). The summed E-state index contributed by atoms with van der Waals surface area (Å²) in [6.07, 6.45) is 2.99. The van der Waals surface area contributed by atoms with Gasteiger partial charge in [-0.1, -0.05) is 6.07 Å². The summed E-state index contributed by atoms with van der Waals surface area (Å²) in [7, 11) is 3.74. The average molecular weight is 381 g/mol. The Bertz CT molecular complexity index is 565. The molecule has 1 aliphatic rings. The molecule has 0 aromatic heterocycles. The van der Waals surface area contributed by atoms with Crippen LogP contribution in [0.15, 0.2) is 29.3 Å². The first-order valence-electron chi connectivity index (χ1n) is 9.75. The average Bonchev–Trinajstić information content (AvgIpc) is 3.19. The van der Waals surface area contributed by atoms with Crippen molar-refractivity contribution in [2.75, 3.05) is 65.1 Å². The minimum absolute atomic E-state index is 0.206. The summed E-state index contributed by atoms with van der Waals surface area (Å²) in [4.78, 5) is 6.28. The third kappa shape index (κ3) is 8.58. The van der Waals surface area contributed by atoms with Crippen LogP contribution in [-0.2, 0) is 9.47 Å². The normalized spacial score (nSPS) is 17.1. The van der Waals surface area contributed by atoms with Crippen LogP contribution < -0.4 is 15.5 Å². The second-order valence-electron chi connectivity index (χ2n) is 6.84. The van der Waals surface area contributed by atoms with Crippen LogP contribution in [0.4, 0.5) is 10.1 Å². The Labute approximate surface area is 162 Å². The Morgan fingerprint density at radius 1 is 1.33 bits per heavy atom. The van der Waals surface area contributed by atoms with E-state index in [4.69, 9.17) is 9.47 Å². The zero-order chi connectivity index (χ0) is 19.3. The number of hydrogen-bond acceptors (Lipinski definition) is 4. The Kier molecular flexibility index (Phi) is 9.94. The Morgan fingerprint density at radius 3 is 2.85 bits per heavy atom. The van der Waals surface area contributed by atoms with Crippen LogP contribution in [0, 0.1) is 11.7 Å². The van der Waals surface area contributed by atoms with Crippen LogP contribution in [0.5, 0.6) is 0 Å². The summed E-state index contributed by atoms with van der Waals surface area (Å²) in [5.74, 6) is 1.16. The molecule has 0 spiro atoms. The van der Waals surface area contributed by atoms with Crippen molar-refractivity contribution in [3.63, 3.8) is 0 Å². The summed E-state index contributed by atoms with van der Waals surface area (Å²) >= 11 is 0. The van der Waals surface area contributed by atoms with Crippen LogP contribution >= 0.6 is 0 Å². The van der Waals surface area contributed by atoms with Gasteiger partial charge in [0.1, 0.15) is 5.82 Å². The smallest absolute Gasteiger partial charge is 0.190 e. The van der Waals surface area contributed by atoms with Crippen molar-refractivity contribution in [2.45, 2.75) is 19.3 Å². The van der Waals surface area contributed by atoms with Crippen molar-refractivity contribution in [3.8, 4) is 0 Å². The van der Waals surface area contributed by atoms with Crippen LogP contribution in [-0.4, -0.2) is 66.1 Å². The molecular formula is C20H33FN4O2. The van der Waals surface area contributed by atoms with Gasteiger partial charge in [-0.2, -0.15) is 0 Å². The number of nitrogens with zero attached hydrogens (tertiary/aromatic N) is 2. The molecule has 2 N–H and O–H groups in total. The van der Waals surface area contributed by atoms with Crippen LogP contribution in [0.1, 0.15) is 19.3 Å². The minimum atomic E-state index is -0.206. The van der Waals surface area contributed by atoms with Crippen LogP contribution in [0.2, 0.25) is 0 Å². The molecule has 1 aromatic carbocycles. The molecule has 152 valence electrons. The van der Waals surface area contributed by atoms with Crippen molar-refractivity contribution < 1.29 is 13.9 Å². The van der Waals surface area contributed by atoms with Crippen molar-refractivity contribution in [2.24, 2.45) is 10.9 Å². The van der Waals surface area contributed by atoms with E-state index in [2.05, 4.69) is 15.6 Å². The molecular weight excluding hydrogens is 347 g/mol. The zero-order valence-corrected chi connectivity index (χ0v) is 16.5. The second kappa shape index (κ2) is 12.5. The van der Waals surface area contributed by atoms with Crippen molar-refractivity contribution >= 4 is 11.6 Å². The lowest BCUT2D eigenvalue weighted by Gasteiger charge is -2.20. The fraction of sp³-hybridized carbons (Fsp3) is 0.650. The van der Waals surface area contributed by atoms with Crippen LogP contribution in [0.3, 0.4) is 0 Å². The van der Waals surface area contributed by atoms with E-state index < -0.39 is 0 Å². The molecule has 0 aliphatic carbocycles. The maximum absolute atomic E-state index is 13.3. The lowest BCUT2D eigenvalue weighted by Crippen LogP contribution is -2.39. The van der Waals surface area contributed by atoms with Gasteiger partial charge < -0.3 is 25.0 Å². The first-order chi connectivity index (χ1) is 13.2. The number of hydrogen-bond donors (Lipinski definition) is 2. The molecule has 7 heteroatoms. The summed E-state index contributed by atoms with van der Waals surface area (Å²) in [5.41, 5.74) is 0.890. The lowest BCUT2D eigenvalue weighted by atomic mass is 10.1. The van der Waals surface area contributed by atoms with E-state index in [9.17, 15) is 4.39 Å². The maximum atomic E-state index is 13.3. The fourth-order valence-electron chi connectivity index (χ4n) is 2.93. The third-order valence-corrected chi connectivity index (χ3v) is 4.57. The van der Waals surface area contributed by atoms with Gasteiger partial charge in [-0.3, -0.25) is 4.99 Å². The predicted molar refractivity (Wildman–Crippen MR) is 108 cm³/mol.